The van der Waals surface area contributed by atoms with Crippen LogP contribution in [-0.4, -0.2) is 4.73 Å². The average Bonchev–Trinajstić information content (AvgIpc) is 2.92. The van der Waals surface area contributed by atoms with Gasteiger partial charge in [0, 0.05) is 4.73 Å². The van der Waals surface area contributed by atoms with E-state index in [4.69, 9.17) is 4.84 Å². The van der Waals surface area contributed by atoms with Crippen LogP contribution in [0.25, 0.3) is 0 Å². The minimum atomic E-state index is 1.04. The van der Waals surface area contributed by atoms with Crippen molar-refractivity contribution in [1.29, 1.82) is 0 Å². The Hall–Kier alpha value is -0.990. The van der Waals surface area contributed by atoms with E-state index in [1.54, 1.807) is 0 Å². The zero-order valence-electron chi connectivity index (χ0n) is 9.83. The molecule has 0 aliphatic carbocycles. The largest absolute Gasteiger partial charge is 0.415 e. The Morgan fingerprint density at radius 1 is 1.20 bits per heavy atom. The molecule has 0 saturated carbocycles. The number of nitrogens with zero attached hydrogens (tertiary/aromatic N) is 2. The van der Waals surface area contributed by atoms with Crippen LogP contribution < -0.4 is 9.40 Å². The maximum absolute atomic E-state index is 5.29. The van der Waals surface area contributed by atoms with E-state index in [0.717, 1.165) is 18.8 Å². The molecule has 1 aliphatic rings. The maximum Gasteiger partial charge on any atom is 0.415 e. The second-order valence-electron chi connectivity index (χ2n) is 4.27. The van der Waals surface area contributed by atoms with E-state index in [0.29, 0.717) is 0 Å². The molecule has 3 nitrogen and oxygen atoms in total. The van der Waals surface area contributed by atoms with Crippen LogP contribution in [0.3, 0.4) is 0 Å². The summed E-state index contributed by atoms with van der Waals surface area (Å²) in [6, 6.07) is 0. The van der Waals surface area contributed by atoms with Crippen LogP contribution >= 0.6 is 0 Å². The molecule has 1 aliphatic heterocycles. The quantitative estimate of drug-likeness (QED) is 0.390. The first-order valence-electron chi connectivity index (χ1n) is 6.19. The number of fused-ring (bicyclic) bond motifs is 1. The zero-order chi connectivity index (χ0) is 10.7. The summed E-state index contributed by atoms with van der Waals surface area (Å²) in [6.45, 7) is 5.61. The highest BCUT2D eigenvalue weighted by molar-refractivity contribution is 5.14. The molecule has 0 N–H and O–H groups in total. The first-order chi connectivity index (χ1) is 7.36. The highest BCUT2D eigenvalue weighted by Gasteiger charge is 2.38. The Kier molecular flexibility index (Phi) is 3.29. The van der Waals surface area contributed by atoms with Crippen molar-refractivity contribution >= 4 is 0 Å². The maximum atomic E-state index is 5.29. The Morgan fingerprint density at radius 2 is 2.07 bits per heavy atom. The summed E-state index contributed by atoms with van der Waals surface area (Å²) >= 11 is 0. The number of aryl methyl sites for hydroxylation is 1. The molecule has 2 heterocycles. The molecule has 0 bridgehead atoms. The van der Waals surface area contributed by atoms with Crippen LogP contribution in [0.5, 0.6) is 5.88 Å². The van der Waals surface area contributed by atoms with E-state index in [1.807, 2.05) is 4.73 Å². The van der Waals surface area contributed by atoms with E-state index >= 15 is 0 Å². The van der Waals surface area contributed by atoms with Gasteiger partial charge in [0.15, 0.2) is 6.20 Å². The zero-order valence-corrected chi connectivity index (χ0v) is 9.83. The van der Waals surface area contributed by atoms with E-state index in [1.165, 1.54) is 37.9 Å². The van der Waals surface area contributed by atoms with Crippen LogP contribution in [0.1, 0.15) is 51.8 Å². The molecule has 0 fully saturated rings. The Bertz CT molecular complexity index is 331. The lowest BCUT2D eigenvalue weighted by atomic mass is 10.2. The molecule has 0 aromatic carbocycles. The molecular formula is C12H21N2O+. The number of hydrogen-bond donors (Lipinski definition) is 0. The van der Waals surface area contributed by atoms with Gasteiger partial charge in [-0.05, 0) is 19.3 Å². The molecule has 0 amide bonds. The van der Waals surface area contributed by atoms with Gasteiger partial charge in [-0.1, -0.05) is 26.7 Å². The number of aromatic nitrogens is 2. The summed E-state index contributed by atoms with van der Waals surface area (Å²) in [5.74, 6) is 2.37. The van der Waals surface area contributed by atoms with Gasteiger partial charge in [0.05, 0.1) is 13.0 Å². The normalized spacial score (nSPS) is 12.4. The van der Waals surface area contributed by atoms with E-state index in [9.17, 15) is 0 Å². The van der Waals surface area contributed by atoms with Gasteiger partial charge in [0.2, 0.25) is 0 Å². The molecule has 0 saturated heterocycles. The molecule has 2 rings (SSSR count). The van der Waals surface area contributed by atoms with Crippen LogP contribution in [0.15, 0.2) is 6.20 Å². The van der Waals surface area contributed by atoms with Crippen LogP contribution in [0.2, 0.25) is 0 Å². The molecular weight excluding hydrogens is 188 g/mol. The third-order valence-corrected chi connectivity index (χ3v) is 2.91. The van der Waals surface area contributed by atoms with Gasteiger partial charge in [-0.15, -0.1) is 0 Å². The molecule has 15 heavy (non-hydrogen) atoms. The van der Waals surface area contributed by atoms with Crippen LogP contribution in [-0.2, 0) is 13.0 Å². The topological polar surface area (TPSA) is 21.3 Å². The summed E-state index contributed by atoms with van der Waals surface area (Å²) < 4.78 is 4.32. The SMILES string of the molecule is CCCCCC[n+]1cc2n(c1CCC)O2. The summed E-state index contributed by atoms with van der Waals surface area (Å²) in [6.07, 6.45) is 9.73. The standard InChI is InChI=1S/C12H21N2O/c1-3-5-6-7-9-13-10-12-14(15-12)11(13)8-4-2/h10H,3-9H2,1-2H3/q+1. The fourth-order valence-corrected chi connectivity index (χ4v) is 2.02. The highest BCUT2D eigenvalue weighted by atomic mass is 16.8. The van der Waals surface area contributed by atoms with Crippen molar-refractivity contribution in [3.63, 3.8) is 0 Å². The second kappa shape index (κ2) is 4.69. The number of rotatable bonds is 7. The molecule has 0 spiro atoms. The first-order valence-corrected chi connectivity index (χ1v) is 6.19. The average molecular weight is 209 g/mol. The van der Waals surface area contributed by atoms with Gasteiger partial charge in [-0.3, -0.25) is 0 Å². The van der Waals surface area contributed by atoms with Crippen molar-refractivity contribution in [3.05, 3.63) is 12.0 Å². The summed E-state index contributed by atoms with van der Waals surface area (Å²) in [7, 11) is 0. The summed E-state index contributed by atoms with van der Waals surface area (Å²) in [5, 5.41) is 0. The van der Waals surface area contributed by atoms with Gasteiger partial charge in [-0.25, -0.2) is 9.40 Å². The van der Waals surface area contributed by atoms with Crippen molar-refractivity contribution < 1.29 is 9.40 Å². The highest BCUT2D eigenvalue weighted by Crippen LogP contribution is 2.25. The van der Waals surface area contributed by atoms with Crippen molar-refractivity contribution in [2.24, 2.45) is 0 Å². The minimum absolute atomic E-state index is 1.04. The lowest BCUT2D eigenvalue weighted by molar-refractivity contribution is -0.706. The monoisotopic (exact) mass is 209 g/mol. The van der Waals surface area contributed by atoms with E-state index in [2.05, 4.69) is 24.6 Å². The molecule has 3 heteroatoms. The number of unbranched alkanes of at least 4 members (excludes halogenated alkanes) is 3. The van der Waals surface area contributed by atoms with Crippen LogP contribution in [0, 0.1) is 0 Å². The predicted octanol–water partition coefficient (Wildman–Crippen LogP) is 2.46. The molecule has 84 valence electrons. The smallest absolute Gasteiger partial charge is 0.241 e. The minimum Gasteiger partial charge on any atom is -0.241 e. The molecule has 0 atom stereocenters. The van der Waals surface area contributed by atoms with Gasteiger partial charge < -0.3 is 0 Å². The lowest BCUT2D eigenvalue weighted by Gasteiger charge is -2.00. The molecule has 0 radical (unpaired) electrons. The molecule has 1 aromatic rings. The van der Waals surface area contributed by atoms with E-state index in [-0.39, 0.29) is 0 Å². The molecule has 1 aromatic heterocycles. The van der Waals surface area contributed by atoms with Crippen LogP contribution in [0.4, 0.5) is 0 Å². The van der Waals surface area contributed by atoms with Gasteiger partial charge >= 0.3 is 11.7 Å². The number of imidazole rings is 1. The third-order valence-electron chi connectivity index (χ3n) is 2.91. The van der Waals surface area contributed by atoms with E-state index < -0.39 is 0 Å². The van der Waals surface area contributed by atoms with Crippen molar-refractivity contribution in [1.82, 2.24) is 4.73 Å². The lowest BCUT2D eigenvalue weighted by Crippen LogP contribution is -2.38. The second-order valence-corrected chi connectivity index (χ2v) is 4.27. The van der Waals surface area contributed by atoms with Crippen molar-refractivity contribution in [3.8, 4) is 5.88 Å². The van der Waals surface area contributed by atoms with Gasteiger partial charge in [0.1, 0.15) is 0 Å². The molecule has 0 unspecified atom stereocenters. The summed E-state index contributed by atoms with van der Waals surface area (Å²) in [5.41, 5.74) is 0. The Balaban J connectivity index is 1.86. The predicted molar refractivity (Wildman–Crippen MR) is 58.8 cm³/mol. The van der Waals surface area contributed by atoms with Gasteiger partial charge in [0.25, 0.3) is 0 Å². The fraction of sp³-hybridized carbons (Fsp3) is 0.750. The Labute approximate surface area is 91.6 Å². The van der Waals surface area contributed by atoms with Gasteiger partial charge in [-0.2, -0.15) is 0 Å². The van der Waals surface area contributed by atoms with Crippen molar-refractivity contribution in [2.45, 2.75) is 58.9 Å². The number of hydrogen-bond acceptors (Lipinski definition) is 1. The van der Waals surface area contributed by atoms with Crippen molar-refractivity contribution in [2.75, 3.05) is 0 Å². The fourth-order valence-electron chi connectivity index (χ4n) is 2.02. The Morgan fingerprint density at radius 3 is 2.80 bits per heavy atom. The summed E-state index contributed by atoms with van der Waals surface area (Å²) in [4.78, 5) is 5.29. The third kappa shape index (κ3) is 2.33. The first kappa shape index (κ1) is 10.5.